The molecule has 4 heteroatoms. The van der Waals surface area contributed by atoms with Crippen LogP contribution in [0.4, 0.5) is 16.2 Å². The Morgan fingerprint density at radius 3 is 2.22 bits per heavy atom. The van der Waals surface area contributed by atoms with E-state index < -0.39 is 6.09 Å². The molecular formula is C14H22N2O2. The lowest BCUT2D eigenvalue weighted by Gasteiger charge is -2.17. The Labute approximate surface area is 109 Å². The van der Waals surface area contributed by atoms with Crippen molar-refractivity contribution in [2.24, 2.45) is 5.92 Å². The zero-order chi connectivity index (χ0) is 13.5. The summed E-state index contributed by atoms with van der Waals surface area (Å²) in [5.74, 6) is 0.674. The van der Waals surface area contributed by atoms with E-state index in [-0.39, 0.29) is 0 Å². The van der Waals surface area contributed by atoms with E-state index in [9.17, 15) is 4.79 Å². The van der Waals surface area contributed by atoms with Crippen molar-refractivity contribution in [2.45, 2.75) is 33.2 Å². The number of carbonyl (C=O) groups is 1. The maximum absolute atomic E-state index is 11.0. The van der Waals surface area contributed by atoms with Crippen molar-refractivity contribution in [3.8, 4) is 0 Å². The van der Waals surface area contributed by atoms with Gasteiger partial charge < -0.3 is 10.1 Å². The first-order valence-electron chi connectivity index (χ1n) is 6.23. The summed E-state index contributed by atoms with van der Waals surface area (Å²) in [6.45, 7) is 6.59. The Morgan fingerprint density at radius 2 is 1.72 bits per heavy atom. The average Bonchev–Trinajstić information content (AvgIpc) is 2.30. The van der Waals surface area contributed by atoms with E-state index in [1.165, 1.54) is 7.11 Å². The van der Waals surface area contributed by atoms with E-state index in [1.54, 1.807) is 0 Å². The number of hydrogen-bond acceptors (Lipinski definition) is 3. The normalized spacial score (nSPS) is 12.1. The van der Waals surface area contributed by atoms with Gasteiger partial charge in [0.25, 0.3) is 0 Å². The number of rotatable bonds is 5. The molecule has 100 valence electrons. The Bertz CT molecular complexity index is 374. The molecule has 0 aliphatic rings. The number of nitrogens with one attached hydrogen (secondary N) is 2. The van der Waals surface area contributed by atoms with Crippen LogP contribution in [0.1, 0.15) is 27.2 Å². The molecule has 2 N–H and O–H groups in total. The van der Waals surface area contributed by atoms with Gasteiger partial charge in [-0.3, -0.25) is 5.32 Å². The molecule has 0 heterocycles. The van der Waals surface area contributed by atoms with E-state index in [1.807, 2.05) is 24.3 Å². The summed E-state index contributed by atoms with van der Waals surface area (Å²) in [5, 5.41) is 6.04. The average molecular weight is 250 g/mol. The fourth-order valence-electron chi connectivity index (χ4n) is 1.87. The number of methoxy groups -OCH3 is 1. The van der Waals surface area contributed by atoms with E-state index in [0.29, 0.717) is 12.0 Å². The van der Waals surface area contributed by atoms with Gasteiger partial charge in [-0.2, -0.15) is 0 Å². The zero-order valence-electron chi connectivity index (χ0n) is 11.5. The standard InChI is InChI=1S/C14H22N2O2/c1-10(2)9-11(3)15-12-5-7-13(8-6-12)16-14(17)18-4/h5-8,10-11,15H,9H2,1-4H3,(H,16,17). The van der Waals surface area contributed by atoms with Gasteiger partial charge in [-0.1, -0.05) is 13.8 Å². The van der Waals surface area contributed by atoms with E-state index in [2.05, 4.69) is 36.1 Å². The molecule has 0 aliphatic heterocycles. The van der Waals surface area contributed by atoms with Crippen molar-refractivity contribution in [1.29, 1.82) is 0 Å². The number of hydrogen-bond donors (Lipinski definition) is 2. The largest absolute Gasteiger partial charge is 0.453 e. The smallest absolute Gasteiger partial charge is 0.411 e. The third-order valence-electron chi connectivity index (χ3n) is 2.55. The molecule has 0 aromatic heterocycles. The van der Waals surface area contributed by atoms with Gasteiger partial charge in [0.15, 0.2) is 0 Å². The van der Waals surface area contributed by atoms with Gasteiger partial charge in [-0.25, -0.2) is 4.79 Å². The Hall–Kier alpha value is -1.71. The summed E-state index contributed by atoms with van der Waals surface area (Å²) in [6, 6.07) is 8.02. The fourth-order valence-corrected chi connectivity index (χ4v) is 1.87. The molecule has 0 saturated carbocycles. The summed E-state index contributed by atoms with van der Waals surface area (Å²) in [6.07, 6.45) is 0.672. The van der Waals surface area contributed by atoms with Crippen molar-refractivity contribution in [1.82, 2.24) is 0 Å². The minimum atomic E-state index is -0.455. The molecule has 0 fully saturated rings. The van der Waals surface area contributed by atoms with Crippen LogP contribution in [0.5, 0.6) is 0 Å². The van der Waals surface area contributed by atoms with Crippen LogP contribution in [0, 0.1) is 5.92 Å². The van der Waals surface area contributed by atoms with E-state index in [4.69, 9.17) is 0 Å². The van der Waals surface area contributed by atoms with Crippen LogP contribution in [0.3, 0.4) is 0 Å². The molecular weight excluding hydrogens is 228 g/mol. The molecule has 1 rings (SSSR count). The van der Waals surface area contributed by atoms with Crippen LogP contribution in [-0.2, 0) is 4.74 Å². The maximum Gasteiger partial charge on any atom is 0.411 e. The quantitative estimate of drug-likeness (QED) is 0.837. The van der Waals surface area contributed by atoms with E-state index in [0.717, 1.165) is 17.8 Å². The molecule has 0 radical (unpaired) electrons. The SMILES string of the molecule is COC(=O)Nc1ccc(NC(C)CC(C)C)cc1. The van der Waals surface area contributed by atoms with Crippen LogP contribution >= 0.6 is 0 Å². The molecule has 0 saturated heterocycles. The number of ether oxygens (including phenoxy) is 1. The highest BCUT2D eigenvalue weighted by Crippen LogP contribution is 2.16. The first kappa shape index (κ1) is 14.4. The highest BCUT2D eigenvalue weighted by atomic mass is 16.5. The second-order valence-corrected chi connectivity index (χ2v) is 4.87. The van der Waals surface area contributed by atoms with E-state index >= 15 is 0 Å². The highest BCUT2D eigenvalue weighted by molar-refractivity contribution is 5.84. The minimum absolute atomic E-state index is 0.435. The van der Waals surface area contributed by atoms with Crippen molar-refractivity contribution in [2.75, 3.05) is 17.7 Å². The molecule has 4 nitrogen and oxygen atoms in total. The molecule has 18 heavy (non-hydrogen) atoms. The monoisotopic (exact) mass is 250 g/mol. The topological polar surface area (TPSA) is 50.4 Å². The number of amides is 1. The van der Waals surface area contributed by atoms with Gasteiger partial charge in [0.1, 0.15) is 0 Å². The molecule has 1 atom stereocenters. The van der Waals surface area contributed by atoms with Crippen LogP contribution in [0.25, 0.3) is 0 Å². The summed E-state index contributed by atoms with van der Waals surface area (Å²) in [7, 11) is 1.35. The van der Waals surface area contributed by atoms with Crippen molar-refractivity contribution in [3.05, 3.63) is 24.3 Å². The third kappa shape index (κ3) is 5.08. The molecule has 1 aromatic carbocycles. The van der Waals surface area contributed by atoms with Gasteiger partial charge in [-0.15, -0.1) is 0 Å². The Kier molecular flexibility index (Phi) is 5.49. The first-order chi connectivity index (χ1) is 8.51. The van der Waals surface area contributed by atoms with Crippen LogP contribution in [0.15, 0.2) is 24.3 Å². The predicted molar refractivity (Wildman–Crippen MR) is 75.0 cm³/mol. The molecule has 0 aliphatic carbocycles. The van der Waals surface area contributed by atoms with Crippen LogP contribution in [-0.4, -0.2) is 19.2 Å². The molecule has 1 aromatic rings. The van der Waals surface area contributed by atoms with Crippen molar-refractivity contribution in [3.63, 3.8) is 0 Å². The van der Waals surface area contributed by atoms with Gasteiger partial charge >= 0.3 is 6.09 Å². The molecule has 0 bridgehead atoms. The number of anilines is 2. The fraction of sp³-hybridized carbons (Fsp3) is 0.500. The van der Waals surface area contributed by atoms with Crippen LogP contribution in [0.2, 0.25) is 0 Å². The number of benzene rings is 1. The summed E-state index contributed by atoms with van der Waals surface area (Å²) in [5.41, 5.74) is 1.78. The van der Waals surface area contributed by atoms with Gasteiger partial charge in [0.05, 0.1) is 7.11 Å². The van der Waals surface area contributed by atoms with Gasteiger partial charge in [-0.05, 0) is 43.5 Å². The molecule has 1 unspecified atom stereocenters. The number of carbonyl (C=O) groups excluding carboxylic acids is 1. The second kappa shape index (κ2) is 6.89. The lowest BCUT2D eigenvalue weighted by Crippen LogP contribution is -2.17. The summed E-state index contributed by atoms with van der Waals surface area (Å²) < 4.78 is 4.53. The van der Waals surface area contributed by atoms with Crippen molar-refractivity contribution >= 4 is 17.5 Å². The molecule has 0 spiro atoms. The highest BCUT2D eigenvalue weighted by Gasteiger charge is 2.05. The third-order valence-corrected chi connectivity index (χ3v) is 2.55. The Morgan fingerprint density at radius 1 is 1.17 bits per heavy atom. The zero-order valence-corrected chi connectivity index (χ0v) is 11.5. The maximum atomic E-state index is 11.0. The van der Waals surface area contributed by atoms with Gasteiger partial charge in [0, 0.05) is 17.4 Å². The minimum Gasteiger partial charge on any atom is -0.453 e. The Balaban J connectivity index is 2.52. The van der Waals surface area contributed by atoms with Crippen molar-refractivity contribution < 1.29 is 9.53 Å². The lowest BCUT2D eigenvalue weighted by molar-refractivity contribution is 0.187. The van der Waals surface area contributed by atoms with Crippen LogP contribution < -0.4 is 10.6 Å². The predicted octanol–water partition coefficient (Wildman–Crippen LogP) is 3.71. The first-order valence-corrected chi connectivity index (χ1v) is 6.23. The molecule has 1 amide bonds. The second-order valence-electron chi connectivity index (χ2n) is 4.87. The summed E-state index contributed by atoms with van der Waals surface area (Å²) in [4.78, 5) is 11.0. The summed E-state index contributed by atoms with van der Waals surface area (Å²) >= 11 is 0. The van der Waals surface area contributed by atoms with Gasteiger partial charge in [0.2, 0.25) is 0 Å². The lowest BCUT2D eigenvalue weighted by atomic mass is 10.1.